The van der Waals surface area contributed by atoms with Crippen molar-refractivity contribution < 1.29 is 18.7 Å². The number of pyridine rings is 1. The monoisotopic (exact) mass is 528 g/mol. The average Bonchev–Trinajstić information content (AvgIpc) is 3.52. The van der Waals surface area contributed by atoms with Crippen molar-refractivity contribution in [3.05, 3.63) is 58.5 Å². The third-order valence-corrected chi connectivity index (χ3v) is 7.47. The van der Waals surface area contributed by atoms with Crippen LogP contribution in [0.2, 0.25) is 5.02 Å². The van der Waals surface area contributed by atoms with Crippen LogP contribution in [0.5, 0.6) is 5.88 Å². The Labute approximate surface area is 220 Å². The number of carbonyl (C=O) groups is 2. The van der Waals surface area contributed by atoms with Crippen molar-refractivity contribution in [2.45, 2.75) is 38.6 Å². The summed E-state index contributed by atoms with van der Waals surface area (Å²) < 4.78 is 18.7. The van der Waals surface area contributed by atoms with E-state index < -0.39 is 11.4 Å². The van der Waals surface area contributed by atoms with Crippen molar-refractivity contribution >= 4 is 35.0 Å². The Balaban J connectivity index is 1.48. The molecule has 3 unspecified atom stereocenters. The molecule has 37 heavy (non-hydrogen) atoms. The number of hydrogen-bond donors (Lipinski definition) is 1. The maximum absolute atomic E-state index is 13.6. The van der Waals surface area contributed by atoms with Crippen LogP contribution in [0.3, 0.4) is 0 Å². The lowest BCUT2D eigenvalue weighted by atomic mass is 9.97. The number of ether oxygens (including phenoxy) is 1. The van der Waals surface area contributed by atoms with Crippen LogP contribution in [0.4, 0.5) is 4.39 Å². The van der Waals surface area contributed by atoms with E-state index in [1.165, 1.54) is 31.4 Å². The molecule has 1 aromatic carbocycles. The summed E-state index contributed by atoms with van der Waals surface area (Å²) in [4.78, 5) is 34.1. The van der Waals surface area contributed by atoms with Gasteiger partial charge in [0.15, 0.2) is 0 Å². The predicted octanol–water partition coefficient (Wildman–Crippen LogP) is 3.48. The van der Waals surface area contributed by atoms with Gasteiger partial charge in [0, 0.05) is 42.4 Å². The first-order chi connectivity index (χ1) is 17.6. The summed E-state index contributed by atoms with van der Waals surface area (Å²) in [5.74, 6) is -1.03. The van der Waals surface area contributed by atoms with E-state index >= 15 is 0 Å². The second kappa shape index (κ2) is 10.5. The van der Waals surface area contributed by atoms with Crippen LogP contribution >= 0.6 is 11.6 Å². The minimum atomic E-state index is -0.526. The van der Waals surface area contributed by atoms with Gasteiger partial charge in [0.05, 0.1) is 12.6 Å². The standard InChI is InChI=1S/C26H30ClFN6O3/c1-15-13-26(15)14-33(24(35)21-11-19(27)12-22(30-21)37-4)8-9-34(26)25(36)23(29)32-31-17(3)16(2)18-6-5-7-20(28)10-18/h5-7,10-12,15-16H,8-9,13-14H2,1-4H3,(H2,29,32)/b31-17-. The molecule has 196 valence electrons. The molecule has 1 aliphatic heterocycles. The van der Waals surface area contributed by atoms with Gasteiger partial charge in [-0.1, -0.05) is 37.6 Å². The average molecular weight is 529 g/mol. The number of amides is 2. The quantitative estimate of drug-likeness (QED) is 0.362. The number of methoxy groups -OCH3 is 1. The van der Waals surface area contributed by atoms with Gasteiger partial charge < -0.3 is 20.3 Å². The van der Waals surface area contributed by atoms with E-state index in [0.29, 0.717) is 30.4 Å². The molecule has 1 saturated heterocycles. The highest BCUT2D eigenvalue weighted by Crippen LogP contribution is 2.50. The zero-order valence-electron chi connectivity index (χ0n) is 21.2. The predicted molar refractivity (Wildman–Crippen MR) is 139 cm³/mol. The molecule has 2 fully saturated rings. The minimum Gasteiger partial charge on any atom is -0.481 e. The van der Waals surface area contributed by atoms with Gasteiger partial charge in [0.2, 0.25) is 11.7 Å². The topological polar surface area (TPSA) is 113 Å². The Morgan fingerprint density at radius 1 is 1.27 bits per heavy atom. The number of rotatable bonds is 5. The molecular weight excluding hydrogens is 499 g/mol. The lowest BCUT2D eigenvalue weighted by Crippen LogP contribution is -2.61. The number of amidine groups is 1. The Kier molecular flexibility index (Phi) is 7.49. The van der Waals surface area contributed by atoms with E-state index in [4.69, 9.17) is 22.1 Å². The van der Waals surface area contributed by atoms with Crippen molar-refractivity contribution in [3.8, 4) is 5.88 Å². The number of piperazine rings is 1. The molecule has 9 nitrogen and oxygen atoms in total. The first-order valence-corrected chi connectivity index (χ1v) is 12.4. The summed E-state index contributed by atoms with van der Waals surface area (Å²) in [6.45, 7) is 6.62. The van der Waals surface area contributed by atoms with Crippen molar-refractivity contribution in [1.29, 1.82) is 0 Å². The number of aromatic nitrogens is 1. The summed E-state index contributed by atoms with van der Waals surface area (Å²) in [5.41, 5.74) is 7.06. The third-order valence-electron chi connectivity index (χ3n) is 7.25. The van der Waals surface area contributed by atoms with Crippen LogP contribution in [-0.4, -0.2) is 70.4 Å². The molecular formula is C26H30ClFN6O3. The molecule has 2 N–H and O–H groups in total. The van der Waals surface area contributed by atoms with Gasteiger partial charge in [-0.2, -0.15) is 5.10 Å². The number of benzene rings is 1. The second-order valence-corrected chi connectivity index (χ2v) is 10.0. The summed E-state index contributed by atoms with van der Waals surface area (Å²) in [6.07, 6.45) is 0.737. The molecule has 11 heteroatoms. The van der Waals surface area contributed by atoms with E-state index in [0.717, 1.165) is 12.0 Å². The maximum atomic E-state index is 13.6. The maximum Gasteiger partial charge on any atom is 0.291 e. The SMILES string of the molecule is COc1cc(Cl)cc(C(=O)N2CCN(C(=O)C(N)=N/N=C(/C)C(C)c3cccc(F)c3)C3(CC3C)C2)n1. The van der Waals surface area contributed by atoms with Crippen molar-refractivity contribution in [2.75, 3.05) is 26.7 Å². The molecule has 2 heterocycles. The Bertz CT molecular complexity index is 1280. The van der Waals surface area contributed by atoms with Crippen LogP contribution in [0.25, 0.3) is 0 Å². The minimum absolute atomic E-state index is 0.181. The van der Waals surface area contributed by atoms with Crippen molar-refractivity contribution in [1.82, 2.24) is 14.8 Å². The van der Waals surface area contributed by atoms with Gasteiger partial charge in [-0.3, -0.25) is 9.59 Å². The fourth-order valence-electron chi connectivity index (χ4n) is 4.75. The second-order valence-electron chi connectivity index (χ2n) is 9.61. The smallest absolute Gasteiger partial charge is 0.291 e. The molecule has 0 radical (unpaired) electrons. The fourth-order valence-corrected chi connectivity index (χ4v) is 4.95. The molecule has 1 spiro atoms. The highest BCUT2D eigenvalue weighted by atomic mass is 35.5. The molecule has 1 aliphatic carbocycles. The van der Waals surface area contributed by atoms with E-state index in [1.807, 2.05) is 13.8 Å². The van der Waals surface area contributed by atoms with Gasteiger partial charge in [-0.05, 0) is 43.0 Å². The van der Waals surface area contributed by atoms with E-state index in [-0.39, 0.29) is 41.0 Å². The number of halogens is 2. The zero-order valence-corrected chi connectivity index (χ0v) is 22.0. The highest BCUT2D eigenvalue weighted by Gasteiger charge is 2.60. The summed E-state index contributed by atoms with van der Waals surface area (Å²) in [7, 11) is 1.46. The van der Waals surface area contributed by atoms with Crippen LogP contribution in [-0.2, 0) is 4.79 Å². The Hall–Kier alpha value is -3.53. The van der Waals surface area contributed by atoms with Gasteiger partial charge in [-0.15, -0.1) is 5.10 Å². The Morgan fingerprint density at radius 2 is 2.00 bits per heavy atom. The van der Waals surface area contributed by atoms with Gasteiger partial charge in [0.1, 0.15) is 11.5 Å². The molecule has 2 aromatic rings. The lowest BCUT2D eigenvalue weighted by molar-refractivity contribution is -0.130. The molecule has 2 amide bonds. The van der Waals surface area contributed by atoms with E-state index in [1.54, 1.807) is 28.9 Å². The largest absolute Gasteiger partial charge is 0.481 e. The lowest BCUT2D eigenvalue weighted by Gasteiger charge is -2.42. The van der Waals surface area contributed by atoms with Gasteiger partial charge in [-0.25, -0.2) is 9.37 Å². The van der Waals surface area contributed by atoms with Crippen LogP contribution in [0.15, 0.2) is 46.6 Å². The first kappa shape index (κ1) is 26.5. The number of hydrogen-bond acceptors (Lipinski definition) is 6. The van der Waals surface area contributed by atoms with E-state index in [9.17, 15) is 14.0 Å². The van der Waals surface area contributed by atoms with Crippen molar-refractivity contribution in [3.63, 3.8) is 0 Å². The molecule has 3 atom stereocenters. The van der Waals surface area contributed by atoms with Crippen LogP contribution < -0.4 is 10.5 Å². The number of carbonyl (C=O) groups excluding carboxylic acids is 2. The van der Waals surface area contributed by atoms with Crippen molar-refractivity contribution in [2.24, 2.45) is 21.9 Å². The number of nitrogens with zero attached hydrogens (tertiary/aromatic N) is 5. The normalized spacial score (nSPS) is 22.7. The molecule has 1 saturated carbocycles. The molecule has 2 aliphatic rings. The third kappa shape index (κ3) is 5.44. The summed E-state index contributed by atoms with van der Waals surface area (Å²) >= 11 is 6.12. The van der Waals surface area contributed by atoms with Crippen LogP contribution in [0.1, 0.15) is 49.2 Å². The first-order valence-electron chi connectivity index (χ1n) is 12.0. The van der Waals surface area contributed by atoms with Gasteiger partial charge >= 0.3 is 0 Å². The summed E-state index contributed by atoms with van der Waals surface area (Å²) in [6, 6.07) is 9.29. The summed E-state index contributed by atoms with van der Waals surface area (Å²) in [5, 5.41) is 8.50. The molecule has 0 bridgehead atoms. The highest BCUT2D eigenvalue weighted by molar-refractivity contribution is 6.37. The van der Waals surface area contributed by atoms with E-state index in [2.05, 4.69) is 15.2 Å². The molecule has 1 aromatic heterocycles. The molecule has 4 rings (SSSR count). The number of nitrogens with two attached hydrogens (primary N) is 1. The zero-order chi connectivity index (χ0) is 26.9. The fraction of sp³-hybridized carbons (Fsp3) is 0.423. The Morgan fingerprint density at radius 3 is 2.65 bits per heavy atom. The van der Waals surface area contributed by atoms with Gasteiger partial charge in [0.25, 0.3) is 11.8 Å². The van der Waals surface area contributed by atoms with Crippen LogP contribution in [0, 0.1) is 11.7 Å².